The van der Waals surface area contributed by atoms with E-state index in [-0.39, 0.29) is 18.3 Å². The second-order valence-corrected chi connectivity index (χ2v) is 11.1. The zero-order valence-corrected chi connectivity index (χ0v) is 16.8. The van der Waals surface area contributed by atoms with Crippen LogP contribution in [-0.2, 0) is 18.5 Å². The van der Waals surface area contributed by atoms with Gasteiger partial charge in [0.15, 0.2) is 6.79 Å². The summed E-state index contributed by atoms with van der Waals surface area (Å²) in [6.07, 6.45) is 1.22. The Morgan fingerprint density at radius 3 is 2.32 bits per heavy atom. The van der Waals surface area contributed by atoms with E-state index in [1.807, 2.05) is 6.92 Å². The maximum atomic E-state index is 13.0. The van der Waals surface area contributed by atoms with Crippen LogP contribution in [0.3, 0.4) is 0 Å². The number of fused-ring (bicyclic) bond motifs is 1. The first kappa shape index (κ1) is 21.2. The van der Waals surface area contributed by atoms with E-state index < -0.39 is 25.9 Å². The molecule has 1 aliphatic heterocycles. The van der Waals surface area contributed by atoms with Gasteiger partial charge in [0.2, 0.25) is 0 Å². The Morgan fingerprint density at radius 1 is 1.04 bits per heavy atom. The van der Waals surface area contributed by atoms with Crippen LogP contribution in [0, 0.1) is 0 Å². The molecule has 156 valence electrons. The van der Waals surface area contributed by atoms with Gasteiger partial charge in [-0.3, -0.25) is 0 Å². The fourth-order valence-corrected chi connectivity index (χ4v) is 8.61. The lowest BCUT2D eigenvalue weighted by atomic mass is 10.1. The molecule has 0 N–H and O–H groups in total. The lowest BCUT2D eigenvalue weighted by Crippen LogP contribution is -2.27. The highest BCUT2D eigenvalue weighted by Crippen LogP contribution is 2.65. The van der Waals surface area contributed by atoms with E-state index in [2.05, 4.69) is 0 Å². The van der Waals surface area contributed by atoms with Crippen LogP contribution in [0.25, 0.3) is 10.8 Å². The fourth-order valence-electron chi connectivity index (χ4n) is 3.20. The maximum Gasteiger partial charge on any atom is 0.523 e. The zero-order valence-electron chi connectivity index (χ0n) is 15.2. The Bertz CT molecular complexity index is 938. The molecule has 5 nitrogen and oxygen atoms in total. The quantitative estimate of drug-likeness (QED) is 0.348. The monoisotopic (exact) mass is 438 g/mol. The second-order valence-electron chi connectivity index (χ2n) is 6.26. The average molecular weight is 438 g/mol. The third kappa shape index (κ3) is 4.10. The fraction of sp³-hybridized carbons (Fsp3) is 0.444. The highest BCUT2D eigenvalue weighted by atomic mass is 32.3. The minimum absolute atomic E-state index is 0.0385. The summed E-state index contributed by atoms with van der Waals surface area (Å²) in [4.78, 5) is 0.497. The summed E-state index contributed by atoms with van der Waals surface area (Å²) < 4.78 is 78.3. The molecule has 0 spiro atoms. The van der Waals surface area contributed by atoms with E-state index in [9.17, 15) is 21.6 Å². The van der Waals surface area contributed by atoms with Crippen LogP contribution in [0.2, 0.25) is 0 Å². The number of rotatable bonds is 7. The van der Waals surface area contributed by atoms with Crippen LogP contribution >= 0.6 is 10.3 Å². The molecule has 1 saturated heterocycles. The molecule has 0 bridgehead atoms. The third-order valence-corrected chi connectivity index (χ3v) is 9.83. The lowest BCUT2D eigenvalue weighted by molar-refractivity contribution is -0.0496. The van der Waals surface area contributed by atoms with Crippen molar-refractivity contribution in [1.29, 1.82) is 0 Å². The van der Waals surface area contributed by atoms with Gasteiger partial charge in [0.25, 0.3) is 0 Å². The molecule has 28 heavy (non-hydrogen) atoms. The lowest BCUT2D eigenvalue weighted by Gasteiger charge is -2.35. The van der Waals surface area contributed by atoms with Crippen LogP contribution in [0.4, 0.5) is 13.2 Å². The van der Waals surface area contributed by atoms with E-state index in [4.69, 9.17) is 13.1 Å². The smallest absolute Gasteiger partial charge is 0.467 e. The molecule has 0 unspecified atom stereocenters. The van der Waals surface area contributed by atoms with Crippen molar-refractivity contribution in [3.8, 4) is 5.75 Å². The van der Waals surface area contributed by atoms with Crippen molar-refractivity contribution in [2.75, 3.05) is 24.9 Å². The maximum absolute atomic E-state index is 13.0. The first-order chi connectivity index (χ1) is 13.2. The van der Waals surface area contributed by atoms with Gasteiger partial charge in [-0.05, 0) is 37.3 Å². The molecular weight excluding hydrogens is 417 g/mol. The van der Waals surface area contributed by atoms with Crippen LogP contribution in [0.5, 0.6) is 5.75 Å². The van der Waals surface area contributed by atoms with Crippen LogP contribution in [-0.4, -0.2) is 38.8 Å². The van der Waals surface area contributed by atoms with Gasteiger partial charge in [0.1, 0.15) is 5.75 Å². The number of hydrogen-bond donors (Lipinski definition) is 0. The molecule has 0 atom stereocenters. The number of halogens is 3. The molecule has 0 aliphatic carbocycles. The Morgan fingerprint density at radius 2 is 1.68 bits per heavy atom. The van der Waals surface area contributed by atoms with Crippen LogP contribution in [0.15, 0.2) is 41.3 Å². The highest BCUT2D eigenvalue weighted by Gasteiger charge is 2.52. The van der Waals surface area contributed by atoms with E-state index in [0.29, 0.717) is 40.9 Å². The predicted molar refractivity (Wildman–Crippen MR) is 102 cm³/mol. The first-order valence-corrected chi connectivity index (χ1v) is 12.0. The predicted octanol–water partition coefficient (Wildman–Crippen LogP) is 4.95. The molecule has 3 rings (SSSR count). The van der Waals surface area contributed by atoms with Crippen molar-refractivity contribution in [3.63, 3.8) is 0 Å². The summed E-state index contributed by atoms with van der Waals surface area (Å²) in [6, 6.07) is 10.3. The molecule has 1 aliphatic rings. The SMILES string of the molecule is CCOCOc1cccc2c(S3(OS(=O)(=O)C(F)(F)F)CCCC3)cccc12. The largest absolute Gasteiger partial charge is 0.523 e. The van der Waals surface area contributed by atoms with E-state index >= 15 is 0 Å². The number of ether oxygens (including phenoxy) is 2. The Kier molecular flexibility index (Phi) is 6.14. The van der Waals surface area contributed by atoms with Crippen molar-refractivity contribution in [2.45, 2.75) is 30.2 Å². The van der Waals surface area contributed by atoms with Gasteiger partial charge in [-0.25, -0.2) is 3.63 Å². The summed E-state index contributed by atoms with van der Waals surface area (Å²) in [5, 5.41) is 1.30. The third-order valence-electron chi connectivity index (χ3n) is 4.45. The van der Waals surface area contributed by atoms with Crippen molar-refractivity contribution >= 4 is 31.2 Å². The average Bonchev–Trinajstić information content (AvgIpc) is 3.09. The Balaban J connectivity index is 2.08. The van der Waals surface area contributed by atoms with E-state index in [1.165, 1.54) is 0 Å². The van der Waals surface area contributed by atoms with Gasteiger partial charge in [-0.15, -0.1) is 0 Å². The van der Waals surface area contributed by atoms with Crippen molar-refractivity contribution in [3.05, 3.63) is 36.4 Å². The summed E-state index contributed by atoms with van der Waals surface area (Å²) in [5.74, 6) is 1.05. The highest BCUT2D eigenvalue weighted by molar-refractivity contribution is 8.33. The number of benzene rings is 2. The van der Waals surface area contributed by atoms with Gasteiger partial charge in [-0.2, -0.15) is 21.6 Å². The van der Waals surface area contributed by atoms with Gasteiger partial charge in [0, 0.05) is 28.4 Å². The van der Waals surface area contributed by atoms with Crippen LogP contribution < -0.4 is 4.74 Å². The molecule has 0 aromatic heterocycles. The summed E-state index contributed by atoms with van der Waals surface area (Å²) >= 11 is 0. The van der Waals surface area contributed by atoms with Crippen molar-refractivity contribution in [1.82, 2.24) is 0 Å². The number of hydrogen-bond acceptors (Lipinski definition) is 5. The van der Waals surface area contributed by atoms with E-state index in [1.54, 1.807) is 36.4 Å². The molecule has 0 radical (unpaired) electrons. The summed E-state index contributed by atoms with van der Waals surface area (Å²) in [5.41, 5.74) is -5.45. The van der Waals surface area contributed by atoms with Crippen molar-refractivity contribution in [2.24, 2.45) is 0 Å². The molecule has 1 fully saturated rings. The van der Waals surface area contributed by atoms with Gasteiger partial charge < -0.3 is 9.47 Å². The van der Waals surface area contributed by atoms with Crippen molar-refractivity contribution < 1.29 is 34.7 Å². The van der Waals surface area contributed by atoms with Gasteiger partial charge in [-0.1, -0.05) is 34.6 Å². The summed E-state index contributed by atoms with van der Waals surface area (Å²) in [7, 11) is -8.34. The zero-order chi connectivity index (χ0) is 20.4. The molecule has 0 amide bonds. The molecule has 2 aromatic rings. The normalized spacial score (nSPS) is 18.3. The summed E-state index contributed by atoms with van der Waals surface area (Å²) in [6.45, 7) is 2.35. The minimum Gasteiger partial charge on any atom is -0.467 e. The molecule has 0 saturated carbocycles. The van der Waals surface area contributed by atoms with Crippen LogP contribution in [0.1, 0.15) is 19.8 Å². The molecular formula is C18H21F3O5S2. The molecule has 10 heteroatoms. The standard InChI is InChI=1S/C18H21F3O5S2/c1-2-24-13-25-16-9-5-8-15-14(16)7-6-10-17(15)27(11-3-4-12-27)26-28(22,23)18(19,20)21/h5-10H,2-4,11-13H2,1H3. The van der Waals surface area contributed by atoms with Gasteiger partial charge in [0.05, 0.1) is 0 Å². The topological polar surface area (TPSA) is 61.8 Å². The second kappa shape index (κ2) is 8.10. The Hall–Kier alpha value is -1.49. The molecule has 1 heterocycles. The molecule has 2 aromatic carbocycles. The minimum atomic E-state index is -5.70. The number of alkyl halides is 3. The Labute approximate surface area is 163 Å². The van der Waals surface area contributed by atoms with E-state index in [0.717, 1.165) is 0 Å². The first-order valence-electron chi connectivity index (χ1n) is 8.73. The van der Waals surface area contributed by atoms with Gasteiger partial charge >= 0.3 is 15.6 Å².